The number of nitrogens with one attached hydrogen (secondary N) is 1. The van der Waals surface area contributed by atoms with Crippen LogP contribution >= 0.6 is 11.3 Å². The molecule has 0 aliphatic carbocycles. The van der Waals surface area contributed by atoms with Crippen LogP contribution in [0.3, 0.4) is 0 Å². The van der Waals surface area contributed by atoms with Crippen LogP contribution in [0.1, 0.15) is 35.7 Å². The lowest BCUT2D eigenvalue weighted by Gasteiger charge is -2.32. The Kier molecular flexibility index (Phi) is 6.09. The quantitative estimate of drug-likeness (QED) is 0.690. The second-order valence-electron chi connectivity index (χ2n) is 7.18. The van der Waals surface area contributed by atoms with Crippen molar-refractivity contribution < 1.29 is 4.79 Å². The van der Waals surface area contributed by atoms with Crippen LogP contribution in [0.2, 0.25) is 0 Å². The Balaban J connectivity index is 1.37. The summed E-state index contributed by atoms with van der Waals surface area (Å²) in [5.41, 5.74) is 3.51. The molecule has 6 heteroatoms. The van der Waals surface area contributed by atoms with Crippen molar-refractivity contribution >= 4 is 22.4 Å². The summed E-state index contributed by atoms with van der Waals surface area (Å²) >= 11 is 1.44. The van der Waals surface area contributed by atoms with Gasteiger partial charge < -0.3 is 5.32 Å². The summed E-state index contributed by atoms with van der Waals surface area (Å²) in [6, 6.07) is 16.8. The highest BCUT2D eigenvalue weighted by Gasteiger charge is 2.24. The van der Waals surface area contributed by atoms with Gasteiger partial charge in [0.25, 0.3) is 0 Å². The molecule has 144 valence electrons. The number of rotatable bonds is 6. The molecule has 1 saturated heterocycles. The van der Waals surface area contributed by atoms with Gasteiger partial charge in [-0.15, -0.1) is 11.3 Å². The van der Waals surface area contributed by atoms with Crippen LogP contribution in [0.25, 0.3) is 0 Å². The first kappa shape index (κ1) is 18.8. The predicted molar refractivity (Wildman–Crippen MR) is 113 cm³/mol. The topological polar surface area (TPSA) is 58.1 Å². The number of hydrogen-bond acceptors (Lipinski definition) is 5. The van der Waals surface area contributed by atoms with Crippen LogP contribution in [-0.2, 0) is 11.2 Å². The average Bonchev–Trinajstić information content (AvgIpc) is 3.22. The molecule has 5 nitrogen and oxygen atoms in total. The molecule has 1 fully saturated rings. The molecule has 0 bridgehead atoms. The Morgan fingerprint density at radius 2 is 2.07 bits per heavy atom. The third kappa shape index (κ3) is 5.03. The molecule has 1 aliphatic rings. The van der Waals surface area contributed by atoms with E-state index in [9.17, 15) is 4.79 Å². The predicted octanol–water partition coefficient (Wildman–Crippen LogP) is 3.95. The van der Waals surface area contributed by atoms with Gasteiger partial charge in [-0.25, -0.2) is 4.98 Å². The summed E-state index contributed by atoms with van der Waals surface area (Å²) in [6.07, 6.45) is 4.75. The first-order valence-electron chi connectivity index (χ1n) is 9.68. The fourth-order valence-corrected chi connectivity index (χ4v) is 4.26. The number of hydrogen-bond donors (Lipinski definition) is 1. The Morgan fingerprint density at radius 3 is 2.89 bits per heavy atom. The third-order valence-corrected chi connectivity index (χ3v) is 5.71. The van der Waals surface area contributed by atoms with Crippen molar-refractivity contribution in [2.75, 3.05) is 25.0 Å². The molecular formula is C22H24N4OS. The molecule has 28 heavy (non-hydrogen) atoms. The van der Waals surface area contributed by atoms with Gasteiger partial charge in [0.15, 0.2) is 5.13 Å². The number of likely N-dealkylation sites (tertiary alicyclic amines) is 1. The van der Waals surface area contributed by atoms with Gasteiger partial charge in [-0.3, -0.25) is 14.7 Å². The second kappa shape index (κ2) is 9.08. The molecule has 1 aromatic carbocycles. The van der Waals surface area contributed by atoms with E-state index in [1.807, 2.05) is 11.4 Å². The van der Waals surface area contributed by atoms with Crippen LogP contribution in [-0.4, -0.2) is 40.4 Å². The highest BCUT2D eigenvalue weighted by molar-refractivity contribution is 7.13. The number of nitrogens with zero attached hydrogens (tertiary/aromatic N) is 3. The number of aromatic nitrogens is 2. The van der Waals surface area contributed by atoms with Gasteiger partial charge in [0.05, 0.1) is 6.54 Å². The van der Waals surface area contributed by atoms with Crippen LogP contribution in [0.15, 0.2) is 60.1 Å². The first-order valence-corrected chi connectivity index (χ1v) is 10.6. The molecule has 3 aromatic rings. The molecule has 0 radical (unpaired) electrons. The van der Waals surface area contributed by atoms with Crippen molar-refractivity contribution in [1.29, 1.82) is 0 Å². The highest BCUT2D eigenvalue weighted by atomic mass is 32.1. The standard InChI is InChI=1S/C22H24N4OS/c27-21(25-22-23-11-13-28-22)16-26-12-5-8-18(15-26)20-10-4-9-19(24-20)14-17-6-2-1-3-7-17/h1-4,6-7,9-11,13,18H,5,8,12,14-16H2,(H,23,25,27)/t18-/m1/s1. The summed E-state index contributed by atoms with van der Waals surface area (Å²) < 4.78 is 0. The average molecular weight is 393 g/mol. The van der Waals surface area contributed by atoms with Gasteiger partial charge in [-0.05, 0) is 37.1 Å². The maximum Gasteiger partial charge on any atom is 0.240 e. The number of benzene rings is 1. The number of piperidine rings is 1. The van der Waals surface area contributed by atoms with E-state index in [0.29, 0.717) is 17.6 Å². The van der Waals surface area contributed by atoms with Crippen molar-refractivity contribution in [3.63, 3.8) is 0 Å². The van der Waals surface area contributed by atoms with Crippen LogP contribution in [0, 0.1) is 0 Å². The largest absolute Gasteiger partial charge is 0.301 e. The van der Waals surface area contributed by atoms with Crippen LogP contribution < -0.4 is 5.32 Å². The van der Waals surface area contributed by atoms with Crippen molar-refractivity contribution in [3.05, 3.63) is 77.1 Å². The summed E-state index contributed by atoms with van der Waals surface area (Å²) in [5, 5.41) is 5.39. The summed E-state index contributed by atoms with van der Waals surface area (Å²) in [7, 11) is 0. The second-order valence-corrected chi connectivity index (χ2v) is 8.07. The molecule has 0 saturated carbocycles. The lowest BCUT2D eigenvalue weighted by atomic mass is 9.94. The minimum absolute atomic E-state index is 0.00128. The molecule has 1 N–H and O–H groups in total. The van der Waals surface area contributed by atoms with Gasteiger partial charge >= 0.3 is 0 Å². The van der Waals surface area contributed by atoms with Crippen LogP contribution in [0.5, 0.6) is 0 Å². The molecular weight excluding hydrogens is 368 g/mol. The molecule has 0 spiro atoms. The number of amides is 1. The lowest BCUT2D eigenvalue weighted by Crippen LogP contribution is -2.40. The van der Waals surface area contributed by atoms with Crippen LogP contribution in [0.4, 0.5) is 5.13 Å². The summed E-state index contributed by atoms with van der Waals surface area (Å²) in [6.45, 7) is 2.22. The maximum atomic E-state index is 12.3. The SMILES string of the molecule is O=C(CN1CCC[C@@H](c2cccc(Cc3ccccc3)n2)C1)Nc1nccs1. The molecule has 3 heterocycles. The van der Waals surface area contributed by atoms with Gasteiger partial charge in [0.1, 0.15) is 0 Å². The number of carbonyl (C=O) groups is 1. The summed E-state index contributed by atoms with van der Waals surface area (Å²) in [5.74, 6) is 0.374. The van der Waals surface area contributed by atoms with Gasteiger partial charge in [0, 0.05) is 41.8 Å². The van der Waals surface area contributed by atoms with Crippen molar-refractivity contribution in [1.82, 2.24) is 14.9 Å². The van der Waals surface area contributed by atoms with Gasteiger partial charge in [-0.1, -0.05) is 36.4 Å². The summed E-state index contributed by atoms with van der Waals surface area (Å²) in [4.78, 5) is 23.5. The zero-order chi connectivity index (χ0) is 19.2. The molecule has 2 aromatic heterocycles. The monoisotopic (exact) mass is 392 g/mol. The van der Waals surface area contributed by atoms with E-state index in [1.54, 1.807) is 6.20 Å². The third-order valence-electron chi connectivity index (χ3n) is 5.03. The number of pyridine rings is 1. The Labute approximate surface area is 169 Å². The van der Waals surface area contributed by atoms with Crippen molar-refractivity contribution in [2.45, 2.75) is 25.2 Å². The normalized spacial score (nSPS) is 17.4. The Bertz CT molecular complexity index is 898. The fraction of sp³-hybridized carbons (Fsp3) is 0.318. The fourth-order valence-electron chi connectivity index (χ4n) is 3.72. The van der Waals surface area contributed by atoms with Crippen molar-refractivity contribution in [3.8, 4) is 0 Å². The lowest BCUT2D eigenvalue weighted by molar-refractivity contribution is -0.117. The number of thiazole rings is 1. The molecule has 4 rings (SSSR count). The molecule has 1 atom stereocenters. The van der Waals surface area contributed by atoms with E-state index in [0.717, 1.165) is 43.7 Å². The van der Waals surface area contributed by atoms with E-state index in [1.165, 1.54) is 16.9 Å². The van der Waals surface area contributed by atoms with E-state index < -0.39 is 0 Å². The van der Waals surface area contributed by atoms with Gasteiger partial charge in [0.2, 0.25) is 5.91 Å². The Morgan fingerprint density at radius 1 is 1.18 bits per heavy atom. The van der Waals surface area contributed by atoms with E-state index >= 15 is 0 Å². The van der Waals surface area contributed by atoms with Gasteiger partial charge in [-0.2, -0.15) is 0 Å². The Hall–Kier alpha value is -2.57. The smallest absolute Gasteiger partial charge is 0.240 e. The molecule has 1 amide bonds. The molecule has 1 aliphatic heterocycles. The number of carbonyl (C=O) groups excluding carboxylic acids is 1. The minimum atomic E-state index is 0.00128. The maximum absolute atomic E-state index is 12.3. The minimum Gasteiger partial charge on any atom is -0.301 e. The van der Waals surface area contributed by atoms with E-state index in [2.05, 4.69) is 57.7 Å². The molecule has 0 unspecified atom stereocenters. The van der Waals surface area contributed by atoms with Crippen molar-refractivity contribution in [2.24, 2.45) is 0 Å². The zero-order valence-corrected chi connectivity index (χ0v) is 16.6. The first-order chi connectivity index (χ1) is 13.8. The highest BCUT2D eigenvalue weighted by Crippen LogP contribution is 2.26. The van der Waals surface area contributed by atoms with E-state index in [-0.39, 0.29) is 5.91 Å². The zero-order valence-electron chi connectivity index (χ0n) is 15.8. The van der Waals surface area contributed by atoms with E-state index in [4.69, 9.17) is 4.98 Å². The number of anilines is 1.